The highest BCUT2D eigenvalue weighted by Crippen LogP contribution is 2.20. The maximum atomic E-state index is 10.2. The molecule has 1 aromatic carbocycles. The molecule has 0 amide bonds. The molecule has 0 saturated carbocycles. The topological polar surface area (TPSA) is 26.7 Å². The maximum Gasteiger partial charge on any atom is 0.0708 e. The Morgan fingerprint density at radius 2 is 2.00 bits per heavy atom. The number of nitrogens with zero attached hydrogens (tertiary/aromatic N) is 2. The van der Waals surface area contributed by atoms with E-state index in [1.165, 1.54) is 5.56 Å². The summed E-state index contributed by atoms with van der Waals surface area (Å²) in [5.74, 6) is 0.423. The third-order valence-electron chi connectivity index (χ3n) is 3.65. The van der Waals surface area contributed by atoms with E-state index in [9.17, 15) is 5.11 Å². The number of rotatable bonds is 4. The van der Waals surface area contributed by atoms with E-state index >= 15 is 0 Å². The summed E-state index contributed by atoms with van der Waals surface area (Å²) >= 11 is 0. The summed E-state index contributed by atoms with van der Waals surface area (Å²) in [4.78, 5) is 4.52. The normalized spacial score (nSPS) is 25.6. The van der Waals surface area contributed by atoms with Gasteiger partial charge in [-0.3, -0.25) is 4.90 Å². The van der Waals surface area contributed by atoms with Crippen molar-refractivity contribution in [3.05, 3.63) is 35.9 Å². The maximum absolute atomic E-state index is 10.2. The Balaban J connectivity index is 1.85. The number of aliphatic hydroxyl groups excluding tert-OH is 1. The molecule has 1 aliphatic rings. The van der Waals surface area contributed by atoms with Crippen LogP contribution in [0.25, 0.3) is 0 Å². The number of β-amino-alcohol motifs (C(OH)–C–C–N with tert-alkyl or cyclic N) is 1. The van der Waals surface area contributed by atoms with Crippen LogP contribution in [-0.4, -0.2) is 54.7 Å². The molecule has 1 heterocycles. The summed E-state index contributed by atoms with van der Waals surface area (Å²) in [6.45, 7) is 3.82. The highest BCUT2D eigenvalue weighted by Gasteiger charge is 2.27. The van der Waals surface area contributed by atoms with Crippen LogP contribution in [-0.2, 0) is 6.54 Å². The number of piperidine rings is 1. The molecule has 3 heteroatoms. The SMILES string of the molecule is CN(C)C[C@H]1CCN(Cc2ccccc2)C[C@H]1O. The molecule has 0 spiro atoms. The van der Waals surface area contributed by atoms with E-state index in [0.29, 0.717) is 5.92 Å². The van der Waals surface area contributed by atoms with Crippen LogP contribution in [0.4, 0.5) is 0 Å². The summed E-state index contributed by atoms with van der Waals surface area (Å²) < 4.78 is 0. The smallest absolute Gasteiger partial charge is 0.0708 e. The lowest BCUT2D eigenvalue weighted by Crippen LogP contribution is -2.46. The molecule has 2 atom stereocenters. The van der Waals surface area contributed by atoms with Gasteiger partial charge in [-0.1, -0.05) is 30.3 Å². The summed E-state index contributed by atoms with van der Waals surface area (Å²) in [6, 6.07) is 10.5. The third-order valence-corrected chi connectivity index (χ3v) is 3.65. The molecule has 100 valence electrons. The highest BCUT2D eigenvalue weighted by atomic mass is 16.3. The molecular formula is C15H24N2O. The van der Waals surface area contributed by atoms with Crippen molar-refractivity contribution < 1.29 is 5.11 Å². The minimum Gasteiger partial charge on any atom is -0.391 e. The monoisotopic (exact) mass is 248 g/mol. The van der Waals surface area contributed by atoms with Gasteiger partial charge < -0.3 is 10.0 Å². The molecule has 0 unspecified atom stereocenters. The van der Waals surface area contributed by atoms with Crippen molar-refractivity contribution in [3.63, 3.8) is 0 Å². The van der Waals surface area contributed by atoms with E-state index in [2.05, 4.69) is 48.2 Å². The lowest BCUT2D eigenvalue weighted by Gasteiger charge is -2.37. The van der Waals surface area contributed by atoms with E-state index < -0.39 is 0 Å². The van der Waals surface area contributed by atoms with Crippen molar-refractivity contribution in [3.8, 4) is 0 Å². The Morgan fingerprint density at radius 1 is 1.28 bits per heavy atom. The number of hydrogen-bond donors (Lipinski definition) is 1. The van der Waals surface area contributed by atoms with E-state index in [1.807, 2.05) is 6.07 Å². The largest absolute Gasteiger partial charge is 0.391 e. The first-order valence-electron chi connectivity index (χ1n) is 6.74. The lowest BCUT2D eigenvalue weighted by atomic mass is 9.93. The zero-order valence-electron chi connectivity index (χ0n) is 11.4. The predicted octanol–water partition coefficient (Wildman–Crippen LogP) is 1.43. The highest BCUT2D eigenvalue weighted by molar-refractivity contribution is 5.14. The standard InChI is InChI=1S/C15H24N2O/c1-16(2)11-14-8-9-17(12-15(14)18)10-13-6-4-3-5-7-13/h3-7,14-15,18H,8-12H2,1-2H3/t14-,15-/m1/s1. The Hall–Kier alpha value is -0.900. The van der Waals surface area contributed by atoms with Gasteiger partial charge in [0.15, 0.2) is 0 Å². The van der Waals surface area contributed by atoms with Gasteiger partial charge in [-0.25, -0.2) is 0 Å². The summed E-state index contributed by atoms with van der Waals surface area (Å²) in [6.07, 6.45) is 0.900. The summed E-state index contributed by atoms with van der Waals surface area (Å²) in [7, 11) is 4.14. The number of benzene rings is 1. The van der Waals surface area contributed by atoms with E-state index in [1.54, 1.807) is 0 Å². The van der Waals surface area contributed by atoms with Crippen molar-refractivity contribution in [2.75, 3.05) is 33.7 Å². The molecule has 0 bridgehead atoms. The fourth-order valence-corrected chi connectivity index (χ4v) is 2.71. The lowest BCUT2D eigenvalue weighted by molar-refractivity contribution is 0.00915. The van der Waals surface area contributed by atoms with Crippen molar-refractivity contribution in [1.82, 2.24) is 9.80 Å². The molecule has 1 fully saturated rings. The second-order valence-corrected chi connectivity index (χ2v) is 5.60. The van der Waals surface area contributed by atoms with Crippen molar-refractivity contribution in [1.29, 1.82) is 0 Å². The Kier molecular flexibility index (Phi) is 4.75. The molecule has 3 nitrogen and oxygen atoms in total. The minimum atomic E-state index is -0.190. The summed E-state index contributed by atoms with van der Waals surface area (Å²) in [5.41, 5.74) is 1.33. The molecule has 1 saturated heterocycles. The molecule has 2 rings (SSSR count). The molecule has 0 aliphatic carbocycles. The first kappa shape index (κ1) is 13.5. The van der Waals surface area contributed by atoms with Gasteiger partial charge in [0.2, 0.25) is 0 Å². The third kappa shape index (κ3) is 3.80. The van der Waals surface area contributed by atoms with Crippen LogP contribution in [0.5, 0.6) is 0 Å². The van der Waals surface area contributed by atoms with Crippen LogP contribution in [0, 0.1) is 5.92 Å². The fraction of sp³-hybridized carbons (Fsp3) is 0.600. The van der Waals surface area contributed by atoms with E-state index in [4.69, 9.17) is 0 Å². The molecular weight excluding hydrogens is 224 g/mol. The van der Waals surface area contributed by atoms with Gasteiger partial charge in [0, 0.05) is 19.6 Å². The van der Waals surface area contributed by atoms with Crippen LogP contribution < -0.4 is 0 Å². The average Bonchev–Trinajstić information content (AvgIpc) is 2.33. The molecule has 1 aromatic rings. The molecule has 18 heavy (non-hydrogen) atoms. The molecule has 0 aromatic heterocycles. The van der Waals surface area contributed by atoms with Gasteiger partial charge in [-0.15, -0.1) is 0 Å². The van der Waals surface area contributed by atoms with Gasteiger partial charge >= 0.3 is 0 Å². The first-order chi connectivity index (χ1) is 8.65. The Morgan fingerprint density at radius 3 is 2.61 bits per heavy atom. The van der Waals surface area contributed by atoms with Crippen LogP contribution in [0.1, 0.15) is 12.0 Å². The van der Waals surface area contributed by atoms with Gasteiger partial charge in [0.25, 0.3) is 0 Å². The van der Waals surface area contributed by atoms with E-state index in [-0.39, 0.29) is 6.10 Å². The quantitative estimate of drug-likeness (QED) is 0.873. The first-order valence-corrected chi connectivity index (χ1v) is 6.74. The van der Waals surface area contributed by atoms with Gasteiger partial charge in [-0.2, -0.15) is 0 Å². The van der Waals surface area contributed by atoms with Crippen molar-refractivity contribution in [2.45, 2.75) is 19.1 Å². The average molecular weight is 248 g/mol. The summed E-state index contributed by atoms with van der Waals surface area (Å²) in [5, 5.41) is 10.2. The number of aliphatic hydroxyl groups is 1. The molecule has 0 radical (unpaired) electrons. The number of likely N-dealkylation sites (tertiary alicyclic amines) is 1. The zero-order chi connectivity index (χ0) is 13.0. The Bertz CT molecular complexity index is 353. The molecule has 1 aliphatic heterocycles. The number of hydrogen-bond acceptors (Lipinski definition) is 3. The molecule has 1 N–H and O–H groups in total. The Labute approximate surface area is 110 Å². The van der Waals surface area contributed by atoms with Crippen LogP contribution in [0.15, 0.2) is 30.3 Å². The van der Waals surface area contributed by atoms with Crippen molar-refractivity contribution >= 4 is 0 Å². The van der Waals surface area contributed by atoms with Crippen LogP contribution >= 0.6 is 0 Å². The minimum absolute atomic E-state index is 0.190. The van der Waals surface area contributed by atoms with E-state index in [0.717, 1.165) is 32.6 Å². The van der Waals surface area contributed by atoms with Crippen LogP contribution in [0.2, 0.25) is 0 Å². The van der Waals surface area contributed by atoms with Gasteiger partial charge in [0.05, 0.1) is 6.10 Å². The van der Waals surface area contributed by atoms with Crippen molar-refractivity contribution in [2.24, 2.45) is 5.92 Å². The zero-order valence-corrected chi connectivity index (χ0v) is 11.4. The fourth-order valence-electron chi connectivity index (χ4n) is 2.71. The van der Waals surface area contributed by atoms with Gasteiger partial charge in [-0.05, 0) is 38.5 Å². The van der Waals surface area contributed by atoms with Crippen LogP contribution in [0.3, 0.4) is 0 Å². The second kappa shape index (κ2) is 6.32. The predicted molar refractivity (Wildman–Crippen MR) is 74.4 cm³/mol. The van der Waals surface area contributed by atoms with Gasteiger partial charge in [0.1, 0.15) is 0 Å². The second-order valence-electron chi connectivity index (χ2n) is 5.60.